The highest BCUT2D eigenvalue weighted by molar-refractivity contribution is 6.30. The van der Waals surface area contributed by atoms with Crippen LogP contribution in [0.4, 0.5) is 4.39 Å². The van der Waals surface area contributed by atoms with Crippen molar-refractivity contribution in [2.24, 2.45) is 0 Å². The molecular weight excluding hydrogens is 533 g/mol. The highest BCUT2D eigenvalue weighted by Gasteiger charge is 2.23. The molecule has 204 valence electrons. The van der Waals surface area contributed by atoms with Crippen molar-refractivity contribution in [2.45, 2.75) is 39.0 Å². The van der Waals surface area contributed by atoms with Crippen molar-refractivity contribution in [2.75, 3.05) is 13.7 Å². The molecule has 0 aliphatic carbocycles. The Morgan fingerprint density at radius 3 is 2.70 bits per heavy atom. The lowest BCUT2D eigenvalue weighted by Gasteiger charge is -2.27. The molecular formula is C31H27ClFN3O4. The first-order valence-electron chi connectivity index (χ1n) is 13.0. The molecule has 0 saturated carbocycles. The number of ether oxygens (including phenoxy) is 3. The number of pyridine rings is 1. The summed E-state index contributed by atoms with van der Waals surface area (Å²) in [4.78, 5) is 21.8. The van der Waals surface area contributed by atoms with Gasteiger partial charge in [0.25, 0.3) is 0 Å². The summed E-state index contributed by atoms with van der Waals surface area (Å²) in [6, 6.07) is 18.1. The second-order valence-electron chi connectivity index (χ2n) is 9.95. The Morgan fingerprint density at radius 1 is 1.10 bits per heavy atom. The van der Waals surface area contributed by atoms with Crippen LogP contribution in [0.3, 0.4) is 0 Å². The predicted octanol–water partition coefficient (Wildman–Crippen LogP) is 6.43. The van der Waals surface area contributed by atoms with E-state index in [-0.39, 0.29) is 18.7 Å². The molecule has 1 aliphatic rings. The molecule has 3 aromatic carbocycles. The number of rotatable bonds is 8. The lowest BCUT2D eigenvalue weighted by Crippen LogP contribution is -2.31. The second-order valence-corrected chi connectivity index (χ2v) is 10.4. The average molecular weight is 560 g/mol. The van der Waals surface area contributed by atoms with E-state index in [0.717, 1.165) is 51.9 Å². The van der Waals surface area contributed by atoms with Crippen molar-refractivity contribution in [3.63, 3.8) is 0 Å². The van der Waals surface area contributed by atoms with Gasteiger partial charge in [0.2, 0.25) is 5.88 Å². The van der Waals surface area contributed by atoms with E-state index in [4.69, 9.17) is 35.8 Å². The first-order chi connectivity index (χ1) is 19.4. The smallest absolute Gasteiger partial charge is 0.337 e. The van der Waals surface area contributed by atoms with Crippen molar-refractivity contribution in [1.82, 2.24) is 14.5 Å². The summed E-state index contributed by atoms with van der Waals surface area (Å²) in [5.74, 6) is 0.517. The molecule has 1 atom stereocenters. The van der Waals surface area contributed by atoms with E-state index < -0.39 is 5.82 Å². The summed E-state index contributed by atoms with van der Waals surface area (Å²) in [6.45, 7) is 3.37. The van der Waals surface area contributed by atoms with Gasteiger partial charge >= 0.3 is 5.97 Å². The first-order valence-corrected chi connectivity index (χ1v) is 13.4. The van der Waals surface area contributed by atoms with Crippen LogP contribution < -0.4 is 4.74 Å². The number of imidazole rings is 1. The van der Waals surface area contributed by atoms with E-state index in [2.05, 4.69) is 10.6 Å². The van der Waals surface area contributed by atoms with Crippen LogP contribution >= 0.6 is 11.6 Å². The van der Waals surface area contributed by atoms with Crippen LogP contribution in [0, 0.1) is 12.7 Å². The van der Waals surface area contributed by atoms with Crippen LogP contribution in [0.25, 0.3) is 21.9 Å². The third-order valence-corrected chi connectivity index (χ3v) is 7.43. The summed E-state index contributed by atoms with van der Waals surface area (Å²) < 4.78 is 32.9. The number of hydrogen-bond acceptors (Lipinski definition) is 6. The molecule has 1 fully saturated rings. The number of benzene rings is 3. The number of methoxy groups -OCH3 is 1. The molecule has 2 aromatic heterocycles. The molecule has 0 unspecified atom stereocenters. The van der Waals surface area contributed by atoms with Gasteiger partial charge in [0, 0.05) is 34.6 Å². The Labute approximate surface area is 235 Å². The summed E-state index contributed by atoms with van der Waals surface area (Å²) >= 11 is 5.87. The number of aromatic nitrogens is 3. The first kappa shape index (κ1) is 26.2. The van der Waals surface area contributed by atoms with Gasteiger partial charge in [-0.05, 0) is 61.4 Å². The SMILES string of the molecule is COC(=O)c1ccc2nc(Cc3ccc4cc(C)c(OCc5ccc(Cl)cc5F)nc4c3)n(C[C@@H]3CCO3)c2c1. The normalized spacial score (nSPS) is 14.8. The van der Waals surface area contributed by atoms with Crippen LogP contribution in [-0.2, 0) is 29.0 Å². The maximum Gasteiger partial charge on any atom is 0.337 e. The number of aryl methyl sites for hydroxylation is 1. The maximum atomic E-state index is 14.2. The van der Waals surface area contributed by atoms with E-state index in [1.54, 1.807) is 18.2 Å². The largest absolute Gasteiger partial charge is 0.472 e. The van der Waals surface area contributed by atoms with Gasteiger partial charge in [0.1, 0.15) is 18.2 Å². The van der Waals surface area contributed by atoms with Crippen molar-refractivity contribution in [1.29, 1.82) is 0 Å². The lowest BCUT2D eigenvalue weighted by molar-refractivity contribution is -0.0589. The molecule has 0 bridgehead atoms. The second kappa shape index (κ2) is 10.9. The quantitative estimate of drug-likeness (QED) is 0.204. The molecule has 0 spiro atoms. The van der Waals surface area contributed by atoms with Crippen molar-refractivity contribution in [3.8, 4) is 5.88 Å². The fourth-order valence-corrected chi connectivity index (χ4v) is 5.07. The van der Waals surface area contributed by atoms with Crippen LogP contribution in [0.15, 0.2) is 60.7 Å². The van der Waals surface area contributed by atoms with Gasteiger partial charge in [-0.1, -0.05) is 29.8 Å². The summed E-state index contributed by atoms with van der Waals surface area (Å²) in [7, 11) is 1.37. The average Bonchev–Trinajstić information content (AvgIpc) is 3.25. The van der Waals surface area contributed by atoms with E-state index >= 15 is 0 Å². The zero-order valence-electron chi connectivity index (χ0n) is 22.1. The highest BCUT2D eigenvalue weighted by atomic mass is 35.5. The van der Waals surface area contributed by atoms with E-state index in [0.29, 0.717) is 35.0 Å². The third-order valence-electron chi connectivity index (χ3n) is 7.20. The van der Waals surface area contributed by atoms with Crippen molar-refractivity contribution >= 4 is 39.5 Å². The Kier molecular flexibility index (Phi) is 7.12. The topological polar surface area (TPSA) is 75.5 Å². The zero-order valence-corrected chi connectivity index (χ0v) is 22.9. The van der Waals surface area contributed by atoms with Gasteiger partial charge in [-0.15, -0.1) is 0 Å². The molecule has 0 radical (unpaired) electrons. The van der Waals surface area contributed by atoms with Gasteiger partial charge < -0.3 is 18.8 Å². The Hall–Kier alpha value is -4.01. The molecule has 3 heterocycles. The Morgan fingerprint density at radius 2 is 1.95 bits per heavy atom. The van der Waals surface area contributed by atoms with Gasteiger partial charge in [-0.3, -0.25) is 0 Å². The molecule has 40 heavy (non-hydrogen) atoms. The van der Waals surface area contributed by atoms with Gasteiger partial charge in [-0.25, -0.2) is 19.2 Å². The Bertz CT molecular complexity index is 1750. The van der Waals surface area contributed by atoms with Gasteiger partial charge in [0.15, 0.2) is 0 Å². The van der Waals surface area contributed by atoms with E-state index in [1.807, 2.05) is 37.3 Å². The number of esters is 1. The van der Waals surface area contributed by atoms with E-state index in [9.17, 15) is 9.18 Å². The monoisotopic (exact) mass is 559 g/mol. The number of hydrogen-bond donors (Lipinski definition) is 0. The molecule has 7 nitrogen and oxygen atoms in total. The third kappa shape index (κ3) is 5.24. The molecule has 1 aliphatic heterocycles. The predicted molar refractivity (Wildman–Crippen MR) is 150 cm³/mol. The maximum absolute atomic E-state index is 14.2. The zero-order chi connectivity index (χ0) is 27.8. The Balaban J connectivity index is 1.30. The van der Waals surface area contributed by atoms with E-state index in [1.165, 1.54) is 13.2 Å². The van der Waals surface area contributed by atoms with Gasteiger partial charge in [0.05, 0.1) is 41.9 Å². The molecule has 1 saturated heterocycles. The number of carbonyl (C=O) groups excluding carboxylic acids is 1. The molecule has 6 rings (SSSR count). The minimum absolute atomic E-state index is 0.0445. The fraction of sp³-hybridized carbons (Fsp3) is 0.258. The van der Waals surface area contributed by atoms with Crippen LogP contribution in [0.1, 0.15) is 39.3 Å². The molecule has 0 amide bonds. The minimum atomic E-state index is -0.415. The molecule has 5 aromatic rings. The lowest BCUT2D eigenvalue weighted by atomic mass is 10.1. The number of fused-ring (bicyclic) bond motifs is 2. The number of carbonyl (C=O) groups is 1. The van der Waals surface area contributed by atoms with Crippen LogP contribution in [0.5, 0.6) is 5.88 Å². The van der Waals surface area contributed by atoms with Crippen molar-refractivity contribution in [3.05, 3.63) is 99.6 Å². The number of nitrogens with zero attached hydrogens (tertiary/aromatic N) is 3. The fourth-order valence-electron chi connectivity index (χ4n) is 4.91. The van der Waals surface area contributed by atoms with Crippen molar-refractivity contribution < 1.29 is 23.4 Å². The minimum Gasteiger partial charge on any atom is -0.472 e. The van der Waals surface area contributed by atoms with Crippen LogP contribution in [-0.4, -0.2) is 40.3 Å². The standard InChI is InChI=1S/C31H27ClFN3O4/c1-18-11-20-4-3-19(12-27(20)35-30(18)40-17-22-5-7-23(32)15-25(22)33)13-29-34-26-8-6-21(31(37)38-2)14-28(26)36(29)16-24-9-10-39-24/h3-8,11-12,14-15,24H,9-10,13,16-17H2,1-2H3/t24-/m0/s1. The summed E-state index contributed by atoms with van der Waals surface area (Å²) in [6.07, 6.45) is 1.66. The summed E-state index contributed by atoms with van der Waals surface area (Å²) in [5, 5.41) is 1.32. The van der Waals surface area contributed by atoms with Gasteiger partial charge in [-0.2, -0.15) is 0 Å². The highest BCUT2D eigenvalue weighted by Crippen LogP contribution is 2.27. The molecule has 9 heteroatoms. The number of halogens is 2. The van der Waals surface area contributed by atoms with Crippen LogP contribution in [0.2, 0.25) is 5.02 Å². The molecule has 0 N–H and O–H groups in total. The summed E-state index contributed by atoms with van der Waals surface area (Å²) in [5.41, 5.74) is 5.22.